The van der Waals surface area contributed by atoms with Crippen molar-refractivity contribution >= 4 is 69.6 Å². The molecule has 0 unspecified atom stereocenters. The Balaban J connectivity index is 1.84. The minimum atomic E-state index is 1.30. The zero-order chi connectivity index (χ0) is 16.8. The van der Waals surface area contributed by atoms with Crippen molar-refractivity contribution in [3.05, 3.63) is 78.9 Å². The van der Waals surface area contributed by atoms with Crippen LogP contribution in [0.25, 0.3) is 58.3 Å². The molecule has 26 heavy (non-hydrogen) atoms. The van der Waals surface area contributed by atoms with Crippen molar-refractivity contribution in [2.24, 2.45) is 0 Å². The fourth-order valence-corrected chi connectivity index (χ4v) is 5.77. The summed E-state index contributed by atoms with van der Waals surface area (Å²) < 4.78 is 5.18. The van der Waals surface area contributed by atoms with E-state index < -0.39 is 0 Å². The van der Waals surface area contributed by atoms with E-state index in [1.807, 2.05) is 11.3 Å². The van der Waals surface area contributed by atoms with E-state index in [0.717, 1.165) is 0 Å². The maximum absolute atomic E-state index is 2.46. The molecule has 0 saturated carbocycles. The summed E-state index contributed by atoms with van der Waals surface area (Å²) in [5.74, 6) is 0. The van der Waals surface area contributed by atoms with Crippen LogP contribution in [0.3, 0.4) is 0 Å². The number of benzene rings is 4. The molecule has 0 aliphatic heterocycles. The molecule has 120 valence electrons. The molecule has 2 heteroatoms. The molecule has 0 bridgehead atoms. The summed E-state index contributed by atoms with van der Waals surface area (Å²) in [6.07, 6.45) is 0. The highest BCUT2D eigenvalue weighted by molar-refractivity contribution is 7.25. The molecule has 0 spiro atoms. The first-order valence-electron chi connectivity index (χ1n) is 8.88. The molecule has 0 atom stereocenters. The smallest absolute Gasteiger partial charge is 0.0620 e. The molecule has 0 N–H and O–H groups in total. The van der Waals surface area contributed by atoms with Gasteiger partial charge >= 0.3 is 0 Å². The highest BCUT2D eigenvalue weighted by Gasteiger charge is 2.18. The third kappa shape index (κ3) is 1.40. The molecule has 4 aromatic carbocycles. The maximum Gasteiger partial charge on any atom is 0.0620 e. The van der Waals surface area contributed by atoms with Gasteiger partial charge in [-0.2, -0.15) is 0 Å². The first-order chi connectivity index (χ1) is 12.9. The first-order valence-corrected chi connectivity index (χ1v) is 9.70. The van der Waals surface area contributed by atoms with Crippen molar-refractivity contribution in [3.8, 4) is 0 Å². The van der Waals surface area contributed by atoms with Crippen molar-refractivity contribution in [1.82, 2.24) is 4.40 Å². The van der Waals surface area contributed by atoms with Gasteiger partial charge in [0.2, 0.25) is 0 Å². The monoisotopic (exact) mass is 347 g/mol. The summed E-state index contributed by atoms with van der Waals surface area (Å²) in [6.45, 7) is 0. The number of aromatic nitrogens is 1. The van der Waals surface area contributed by atoms with E-state index in [1.165, 1.54) is 58.3 Å². The van der Waals surface area contributed by atoms with Gasteiger partial charge in [-0.05, 0) is 24.3 Å². The average molecular weight is 347 g/mol. The van der Waals surface area contributed by atoms with E-state index in [4.69, 9.17) is 0 Å². The second-order valence-electron chi connectivity index (χ2n) is 7.02. The number of thiophene rings is 1. The van der Waals surface area contributed by atoms with Crippen LogP contribution < -0.4 is 0 Å². The lowest BCUT2D eigenvalue weighted by Gasteiger charge is -1.98. The van der Waals surface area contributed by atoms with Crippen LogP contribution in [0.15, 0.2) is 78.9 Å². The number of hydrogen-bond donors (Lipinski definition) is 0. The van der Waals surface area contributed by atoms with Gasteiger partial charge in [-0.15, -0.1) is 11.3 Å². The van der Waals surface area contributed by atoms with Crippen LogP contribution in [-0.2, 0) is 0 Å². The lowest BCUT2D eigenvalue weighted by molar-refractivity contribution is 1.38. The Kier molecular flexibility index (Phi) is 2.20. The van der Waals surface area contributed by atoms with Gasteiger partial charge in [0.25, 0.3) is 0 Å². The molecule has 0 radical (unpaired) electrons. The predicted molar refractivity (Wildman–Crippen MR) is 114 cm³/mol. The van der Waals surface area contributed by atoms with Crippen molar-refractivity contribution in [2.75, 3.05) is 0 Å². The van der Waals surface area contributed by atoms with E-state index in [9.17, 15) is 0 Å². The second-order valence-corrected chi connectivity index (χ2v) is 8.10. The van der Waals surface area contributed by atoms with Crippen molar-refractivity contribution in [3.63, 3.8) is 0 Å². The van der Waals surface area contributed by atoms with Gasteiger partial charge < -0.3 is 4.40 Å². The Hall–Kier alpha value is -3.10. The fourth-order valence-electron chi connectivity index (χ4n) is 4.65. The van der Waals surface area contributed by atoms with Gasteiger partial charge in [0.05, 0.1) is 16.6 Å². The second kappa shape index (κ2) is 4.35. The topological polar surface area (TPSA) is 4.41 Å². The van der Waals surface area contributed by atoms with E-state index in [-0.39, 0.29) is 0 Å². The summed E-state index contributed by atoms with van der Waals surface area (Å²) in [7, 11) is 0. The zero-order valence-electron chi connectivity index (χ0n) is 13.9. The third-order valence-corrected chi connectivity index (χ3v) is 6.85. The van der Waals surface area contributed by atoms with Crippen LogP contribution in [0.5, 0.6) is 0 Å². The Morgan fingerprint density at radius 1 is 0.500 bits per heavy atom. The van der Waals surface area contributed by atoms with E-state index >= 15 is 0 Å². The lowest BCUT2D eigenvalue weighted by Crippen LogP contribution is -1.79. The fraction of sp³-hybridized carbons (Fsp3) is 0. The highest BCUT2D eigenvalue weighted by atomic mass is 32.1. The van der Waals surface area contributed by atoms with Gasteiger partial charge in [-0.25, -0.2) is 0 Å². The SMILES string of the molecule is c1ccc2c(c1)sc1cc3c(cc12)c1cccc2c4ccccc4n3c21. The summed E-state index contributed by atoms with van der Waals surface area (Å²) >= 11 is 1.89. The Labute approximate surface area is 153 Å². The highest BCUT2D eigenvalue weighted by Crippen LogP contribution is 2.42. The Morgan fingerprint density at radius 3 is 2.15 bits per heavy atom. The lowest BCUT2D eigenvalue weighted by atomic mass is 10.1. The number of nitrogens with zero attached hydrogens (tertiary/aromatic N) is 1. The Morgan fingerprint density at radius 2 is 1.23 bits per heavy atom. The van der Waals surface area contributed by atoms with E-state index in [0.29, 0.717) is 0 Å². The summed E-state index contributed by atoms with van der Waals surface area (Å²) in [6, 6.07) is 29.0. The summed E-state index contributed by atoms with van der Waals surface area (Å²) in [4.78, 5) is 0. The van der Waals surface area contributed by atoms with Gasteiger partial charge in [-0.3, -0.25) is 0 Å². The standard InChI is InChI=1S/C24H13NS/c1-3-10-20-14(6-1)16-8-5-9-17-18-12-19-15-7-2-4-11-22(15)26-23(19)13-21(18)25(20)24(16)17/h1-13H. The van der Waals surface area contributed by atoms with Crippen molar-refractivity contribution in [1.29, 1.82) is 0 Å². The molecule has 0 fully saturated rings. The molecule has 0 aliphatic carbocycles. The van der Waals surface area contributed by atoms with Crippen LogP contribution in [0.4, 0.5) is 0 Å². The first kappa shape index (κ1) is 13.2. The molecule has 0 saturated heterocycles. The molecule has 7 aromatic rings. The number of fused-ring (bicyclic) bond motifs is 9. The quantitative estimate of drug-likeness (QED) is 0.273. The van der Waals surface area contributed by atoms with Crippen LogP contribution in [0, 0.1) is 0 Å². The van der Waals surface area contributed by atoms with Gasteiger partial charge in [0, 0.05) is 41.7 Å². The minimum absolute atomic E-state index is 1.30. The zero-order valence-corrected chi connectivity index (χ0v) is 14.7. The van der Waals surface area contributed by atoms with Crippen molar-refractivity contribution < 1.29 is 0 Å². The molecular weight excluding hydrogens is 334 g/mol. The van der Waals surface area contributed by atoms with Gasteiger partial charge in [0.15, 0.2) is 0 Å². The van der Waals surface area contributed by atoms with Gasteiger partial charge in [0.1, 0.15) is 0 Å². The van der Waals surface area contributed by atoms with Gasteiger partial charge in [-0.1, -0.05) is 54.6 Å². The summed E-state index contributed by atoms with van der Waals surface area (Å²) in [5, 5.41) is 8.13. The van der Waals surface area contributed by atoms with E-state index in [2.05, 4.69) is 83.3 Å². The minimum Gasteiger partial charge on any atom is -0.308 e. The van der Waals surface area contributed by atoms with Crippen LogP contribution in [0.1, 0.15) is 0 Å². The largest absolute Gasteiger partial charge is 0.308 e. The Bertz CT molecular complexity index is 1630. The summed E-state index contributed by atoms with van der Waals surface area (Å²) in [5.41, 5.74) is 3.97. The third-order valence-electron chi connectivity index (χ3n) is 5.72. The molecule has 0 amide bonds. The molecule has 1 nitrogen and oxygen atoms in total. The van der Waals surface area contributed by atoms with Crippen molar-refractivity contribution in [2.45, 2.75) is 0 Å². The molecule has 7 rings (SSSR count). The molecular formula is C24H13NS. The van der Waals surface area contributed by atoms with E-state index in [1.54, 1.807) is 0 Å². The van der Waals surface area contributed by atoms with Crippen LogP contribution >= 0.6 is 11.3 Å². The number of hydrogen-bond acceptors (Lipinski definition) is 1. The molecule has 0 aliphatic rings. The van der Waals surface area contributed by atoms with Crippen LogP contribution in [0.2, 0.25) is 0 Å². The molecule has 3 aromatic heterocycles. The normalized spacial score (nSPS) is 12.6. The number of rotatable bonds is 0. The molecule has 3 heterocycles. The number of para-hydroxylation sites is 2. The maximum atomic E-state index is 2.46. The average Bonchev–Trinajstić information content (AvgIpc) is 3.32. The van der Waals surface area contributed by atoms with Crippen LogP contribution in [-0.4, -0.2) is 4.40 Å². The predicted octanol–water partition coefficient (Wildman–Crippen LogP) is 7.20.